The Labute approximate surface area is 399 Å². The molecule has 26 heteroatoms. The fourth-order valence-corrected chi connectivity index (χ4v) is 6.57. The number of nitrogens with one attached hydrogen (secondary N) is 8. The van der Waals surface area contributed by atoms with Gasteiger partial charge >= 0.3 is 5.97 Å². The van der Waals surface area contributed by atoms with Crippen LogP contribution in [0.15, 0.2) is 24.3 Å². The second-order valence-electron chi connectivity index (χ2n) is 17.2. The molecule has 0 bridgehead atoms. The molecule has 1 rings (SSSR count). The van der Waals surface area contributed by atoms with Crippen LogP contribution in [0.1, 0.15) is 78.7 Å². The molecule has 0 spiro atoms. The van der Waals surface area contributed by atoms with Gasteiger partial charge in [0.25, 0.3) is 0 Å². The molecule has 0 aliphatic carbocycles. The first-order valence-electron chi connectivity index (χ1n) is 22.4. The van der Waals surface area contributed by atoms with Crippen LogP contribution in [0.3, 0.4) is 0 Å². The number of aliphatic carboxylic acids is 1. The molecule has 0 aliphatic rings. The number of phenols is 1. The standard InChI is InChI=1S/C43H71N11O15/c1-21(2)14-27(37(62)50-28(16-24-9-11-25(58)12-10-24)38(63)51-29(17-33(46)59)39(64)52-30(43(68)69)15-22(3)4)49-41(66)32(20-56)53-42(67)35(23(5)57)54-36(61)26(8-6-7-13-44)48-40(65)31(19-55)47-34(60)18-45/h9-12,21-23,26-32,35,55-58H,6-8,13-20,44-45H2,1-5H3,(H2,46,59)(H,47,60)(H,48,65)(H,49,66)(H,50,62)(H,51,63)(H,52,64)(H,53,67)(H,54,61)(H,68,69)/t23-,26+,27+,28+,29+,30+,31+,32+,35+/m1/s1. The lowest BCUT2D eigenvalue weighted by Gasteiger charge is -2.28. The zero-order valence-corrected chi connectivity index (χ0v) is 39.5. The number of nitrogens with two attached hydrogens (primary N) is 3. The highest BCUT2D eigenvalue weighted by Crippen LogP contribution is 2.14. The van der Waals surface area contributed by atoms with Crippen LogP contribution in [0.4, 0.5) is 0 Å². The van der Waals surface area contributed by atoms with Crippen LogP contribution in [0.25, 0.3) is 0 Å². The van der Waals surface area contributed by atoms with E-state index in [1.165, 1.54) is 24.3 Å². The number of phenolic OH excluding ortho intramolecular Hbond substituents is 1. The largest absolute Gasteiger partial charge is 0.508 e. The van der Waals surface area contributed by atoms with Crippen molar-refractivity contribution in [2.75, 3.05) is 26.3 Å². The Morgan fingerprint density at radius 3 is 1.48 bits per heavy atom. The number of rotatable bonds is 32. The zero-order valence-electron chi connectivity index (χ0n) is 39.5. The monoisotopic (exact) mass is 982 g/mol. The zero-order chi connectivity index (χ0) is 52.5. The highest BCUT2D eigenvalue weighted by molar-refractivity contribution is 5.99. The van der Waals surface area contributed by atoms with Crippen molar-refractivity contribution in [2.24, 2.45) is 29.0 Å². The van der Waals surface area contributed by atoms with Crippen molar-refractivity contribution in [2.45, 2.75) is 134 Å². The minimum Gasteiger partial charge on any atom is -0.508 e. The molecule has 19 N–H and O–H groups in total. The van der Waals surface area contributed by atoms with Crippen molar-refractivity contribution < 1.29 is 73.5 Å². The number of amides is 9. The molecule has 0 heterocycles. The number of carboxylic acids is 1. The number of carbonyl (C=O) groups excluding carboxylic acids is 9. The number of aromatic hydroxyl groups is 1. The van der Waals surface area contributed by atoms with Crippen molar-refractivity contribution in [1.82, 2.24) is 42.5 Å². The van der Waals surface area contributed by atoms with Gasteiger partial charge in [0.1, 0.15) is 54.1 Å². The van der Waals surface area contributed by atoms with Crippen LogP contribution < -0.4 is 59.7 Å². The molecular formula is C43H71N11O15. The van der Waals surface area contributed by atoms with E-state index in [1.54, 1.807) is 27.7 Å². The van der Waals surface area contributed by atoms with Gasteiger partial charge in [-0.1, -0.05) is 39.8 Å². The average molecular weight is 982 g/mol. The van der Waals surface area contributed by atoms with Gasteiger partial charge in [-0.05, 0) is 75.1 Å². The quantitative estimate of drug-likeness (QED) is 0.0299. The maximum Gasteiger partial charge on any atom is 0.326 e. The van der Waals surface area contributed by atoms with E-state index >= 15 is 0 Å². The molecule has 0 saturated carbocycles. The molecule has 388 valence electrons. The van der Waals surface area contributed by atoms with E-state index in [0.29, 0.717) is 18.4 Å². The fraction of sp³-hybridized carbons (Fsp3) is 0.628. The summed E-state index contributed by atoms with van der Waals surface area (Å²) >= 11 is 0. The van der Waals surface area contributed by atoms with Crippen molar-refractivity contribution >= 4 is 59.1 Å². The van der Waals surface area contributed by atoms with Gasteiger partial charge in [-0.3, -0.25) is 43.2 Å². The van der Waals surface area contributed by atoms with Crippen LogP contribution >= 0.6 is 0 Å². The number of aliphatic hydroxyl groups is 3. The Kier molecular flexibility index (Phi) is 27.0. The molecule has 0 unspecified atom stereocenters. The Balaban J connectivity index is 3.42. The molecule has 9 amide bonds. The fourth-order valence-electron chi connectivity index (χ4n) is 6.57. The molecule has 1 aromatic carbocycles. The number of hydrogen-bond acceptors (Lipinski definition) is 16. The van der Waals surface area contributed by atoms with Gasteiger partial charge in [0.2, 0.25) is 53.2 Å². The van der Waals surface area contributed by atoms with E-state index in [2.05, 4.69) is 42.5 Å². The second kappa shape index (κ2) is 30.8. The summed E-state index contributed by atoms with van der Waals surface area (Å²) in [5.41, 5.74) is 16.6. The topological polar surface area (TPSA) is 446 Å². The van der Waals surface area contributed by atoms with Gasteiger partial charge in [-0.25, -0.2) is 4.79 Å². The summed E-state index contributed by atoms with van der Waals surface area (Å²) in [5.74, 6) is -11.2. The maximum atomic E-state index is 14.0. The lowest BCUT2D eigenvalue weighted by Crippen LogP contribution is -2.62. The van der Waals surface area contributed by atoms with E-state index in [4.69, 9.17) is 17.2 Å². The van der Waals surface area contributed by atoms with Gasteiger partial charge in [-0.2, -0.15) is 0 Å². The van der Waals surface area contributed by atoms with Crippen molar-refractivity contribution in [3.05, 3.63) is 29.8 Å². The highest BCUT2D eigenvalue weighted by Gasteiger charge is 2.36. The molecule has 0 aliphatic heterocycles. The van der Waals surface area contributed by atoms with Gasteiger partial charge in [0.15, 0.2) is 0 Å². The normalized spacial score (nSPS) is 15.1. The minimum atomic E-state index is -1.82. The lowest BCUT2D eigenvalue weighted by atomic mass is 10.00. The maximum absolute atomic E-state index is 14.0. The highest BCUT2D eigenvalue weighted by atomic mass is 16.4. The van der Waals surface area contributed by atoms with E-state index in [9.17, 15) is 73.5 Å². The number of primary amides is 1. The smallest absolute Gasteiger partial charge is 0.326 e. The molecular weight excluding hydrogens is 911 g/mol. The van der Waals surface area contributed by atoms with Gasteiger partial charge in [0.05, 0.1) is 32.3 Å². The van der Waals surface area contributed by atoms with Crippen LogP contribution in [0, 0.1) is 11.8 Å². The third-order valence-electron chi connectivity index (χ3n) is 10.2. The summed E-state index contributed by atoms with van der Waals surface area (Å²) in [5, 5.41) is 68.7. The predicted octanol–water partition coefficient (Wildman–Crippen LogP) is -5.68. The number of carboxylic acid groups (broad SMARTS) is 1. The Morgan fingerprint density at radius 1 is 0.551 bits per heavy atom. The first-order valence-corrected chi connectivity index (χ1v) is 22.4. The first kappa shape index (κ1) is 60.5. The molecule has 26 nitrogen and oxygen atoms in total. The summed E-state index contributed by atoms with van der Waals surface area (Å²) in [7, 11) is 0. The summed E-state index contributed by atoms with van der Waals surface area (Å²) < 4.78 is 0. The van der Waals surface area contributed by atoms with Crippen molar-refractivity contribution in [3.63, 3.8) is 0 Å². The number of aliphatic hydroxyl groups excluding tert-OH is 3. The van der Waals surface area contributed by atoms with E-state index in [-0.39, 0.29) is 49.8 Å². The first-order chi connectivity index (χ1) is 32.4. The summed E-state index contributed by atoms with van der Waals surface area (Å²) in [4.78, 5) is 131. The molecule has 69 heavy (non-hydrogen) atoms. The van der Waals surface area contributed by atoms with Crippen LogP contribution in [-0.4, -0.2) is 165 Å². The van der Waals surface area contributed by atoms with Crippen molar-refractivity contribution in [3.8, 4) is 5.75 Å². The molecule has 1 aromatic rings. The Morgan fingerprint density at radius 2 is 0.986 bits per heavy atom. The van der Waals surface area contributed by atoms with Gasteiger partial charge in [0, 0.05) is 6.42 Å². The van der Waals surface area contributed by atoms with Crippen LogP contribution in [-0.2, 0) is 54.4 Å². The summed E-state index contributed by atoms with van der Waals surface area (Å²) in [6.45, 7) is 5.73. The number of hydrogen-bond donors (Lipinski definition) is 16. The molecule has 0 aromatic heterocycles. The van der Waals surface area contributed by atoms with Crippen LogP contribution in [0.5, 0.6) is 5.75 Å². The van der Waals surface area contributed by atoms with E-state index < -0.39 is 140 Å². The molecule has 9 atom stereocenters. The third kappa shape index (κ3) is 22.5. The lowest BCUT2D eigenvalue weighted by molar-refractivity contribution is -0.143. The van der Waals surface area contributed by atoms with E-state index in [1.807, 2.05) is 0 Å². The Bertz CT molecular complexity index is 1900. The SMILES string of the molecule is CC(C)C[C@H](NC(=O)[C@H](CC(N)=O)NC(=O)[C@H](Cc1ccc(O)cc1)NC(=O)[C@H](CC(C)C)NC(=O)[C@H](CO)NC(=O)[C@@H](NC(=O)[C@H](CCCCN)NC(=O)[C@H](CO)NC(=O)CN)[C@@H](C)O)C(=O)O. The number of carbonyl (C=O) groups is 10. The number of unbranched alkanes of at least 4 members (excludes halogenated alkanes) is 1. The molecule has 0 radical (unpaired) electrons. The molecule has 0 saturated heterocycles. The second-order valence-corrected chi connectivity index (χ2v) is 17.2. The third-order valence-corrected chi connectivity index (χ3v) is 10.2. The van der Waals surface area contributed by atoms with Crippen molar-refractivity contribution in [1.29, 1.82) is 0 Å². The molecule has 0 fully saturated rings. The summed E-state index contributed by atoms with van der Waals surface area (Å²) in [6.07, 6.45) is -2.12. The van der Waals surface area contributed by atoms with E-state index in [0.717, 1.165) is 6.92 Å². The van der Waals surface area contributed by atoms with Gasteiger partial charge < -0.3 is 85.3 Å². The number of benzene rings is 1. The Hall–Kier alpha value is -6.48. The predicted molar refractivity (Wildman–Crippen MR) is 245 cm³/mol. The summed E-state index contributed by atoms with van der Waals surface area (Å²) in [6, 6.07) is -7.17. The van der Waals surface area contributed by atoms with Crippen LogP contribution in [0.2, 0.25) is 0 Å². The minimum absolute atomic E-state index is 0.00395. The van der Waals surface area contributed by atoms with Gasteiger partial charge in [-0.15, -0.1) is 0 Å². The average Bonchev–Trinajstić information content (AvgIpc) is 3.27.